The molecule has 3 rings (SSSR count). The van der Waals surface area contributed by atoms with Crippen molar-refractivity contribution >= 4 is 0 Å². The summed E-state index contributed by atoms with van der Waals surface area (Å²) >= 11 is 0. The smallest absolute Gasteiger partial charge is 0.169 e. The fraction of sp³-hybridized carbons (Fsp3) is 0.333. The van der Waals surface area contributed by atoms with Gasteiger partial charge in [0.05, 0.1) is 0 Å². The third kappa shape index (κ3) is 2.61. The van der Waals surface area contributed by atoms with E-state index < -0.39 is 0 Å². The Morgan fingerprint density at radius 3 is 2.71 bits per heavy atom. The predicted molar refractivity (Wildman–Crippen MR) is 84.0 cm³/mol. The summed E-state index contributed by atoms with van der Waals surface area (Å²) in [6.45, 7) is 6.67. The highest BCUT2D eigenvalue weighted by atomic mass is 16.5. The van der Waals surface area contributed by atoms with Crippen LogP contribution in [0, 0.1) is 6.92 Å². The molecule has 0 saturated heterocycles. The molecule has 0 bridgehead atoms. The highest BCUT2D eigenvalue weighted by Gasteiger charge is 2.32. The lowest BCUT2D eigenvalue weighted by atomic mass is 10.0. The number of hydrogen-bond donors (Lipinski definition) is 1. The number of rotatable bonds is 3. The Bertz CT molecular complexity index is 677. The third-order valence-electron chi connectivity index (χ3n) is 3.78. The molecule has 2 aromatic carbocycles. The maximum atomic E-state index is 6.16. The van der Waals surface area contributed by atoms with Gasteiger partial charge in [0.2, 0.25) is 0 Å². The Kier molecular flexibility index (Phi) is 3.38. The summed E-state index contributed by atoms with van der Waals surface area (Å²) in [6.07, 6.45) is 0.900. The van der Waals surface area contributed by atoms with Gasteiger partial charge in [0.15, 0.2) is 11.5 Å². The van der Waals surface area contributed by atoms with Gasteiger partial charge in [-0.15, -0.1) is 0 Å². The number of fused-ring (bicyclic) bond motifs is 1. The van der Waals surface area contributed by atoms with E-state index in [1.807, 2.05) is 37.3 Å². The van der Waals surface area contributed by atoms with Crippen LogP contribution in [0.3, 0.4) is 0 Å². The maximum Gasteiger partial charge on any atom is 0.169 e. The summed E-state index contributed by atoms with van der Waals surface area (Å²) < 4.78 is 12.2. The molecule has 0 amide bonds. The second kappa shape index (κ2) is 5.08. The SMILES string of the molecule is Cc1cccc(CN)c1Oc1cccc2c1OC(C)(C)C2. The number of nitrogens with two attached hydrogens (primary N) is 1. The molecule has 0 atom stereocenters. The number of ether oxygens (including phenoxy) is 2. The van der Waals surface area contributed by atoms with Crippen LogP contribution >= 0.6 is 0 Å². The minimum atomic E-state index is -0.176. The highest BCUT2D eigenvalue weighted by Crippen LogP contribution is 2.44. The first-order chi connectivity index (χ1) is 10.00. The van der Waals surface area contributed by atoms with Crippen LogP contribution in [-0.4, -0.2) is 5.60 Å². The highest BCUT2D eigenvalue weighted by molar-refractivity contribution is 5.53. The standard InChI is InChI=1S/C18H21NO2/c1-12-6-4-8-14(11-19)16(12)20-15-9-5-7-13-10-18(2,3)21-17(13)15/h4-9H,10-11,19H2,1-3H3. The number of aryl methyl sites for hydroxylation is 1. The normalized spacial score (nSPS) is 15.4. The van der Waals surface area contributed by atoms with Crippen LogP contribution in [0.15, 0.2) is 36.4 Å². The summed E-state index contributed by atoms with van der Waals surface area (Å²) in [5.74, 6) is 2.46. The van der Waals surface area contributed by atoms with Crippen LogP contribution in [0.4, 0.5) is 0 Å². The van der Waals surface area contributed by atoms with Crippen molar-refractivity contribution in [2.45, 2.75) is 39.3 Å². The molecule has 0 fully saturated rings. The van der Waals surface area contributed by atoms with E-state index in [-0.39, 0.29) is 5.60 Å². The topological polar surface area (TPSA) is 44.5 Å². The van der Waals surface area contributed by atoms with Gasteiger partial charge in [0.1, 0.15) is 11.4 Å². The zero-order valence-corrected chi connectivity index (χ0v) is 12.8. The van der Waals surface area contributed by atoms with Gasteiger partial charge in [0.25, 0.3) is 0 Å². The summed E-state index contributed by atoms with van der Waals surface area (Å²) in [7, 11) is 0. The van der Waals surface area contributed by atoms with Crippen molar-refractivity contribution in [2.75, 3.05) is 0 Å². The summed E-state index contributed by atoms with van der Waals surface area (Å²) in [6, 6.07) is 12.1. The van der Waals surface area contributed by atoms with Gasteiger partial charge in [-0.05, 0) is 32.4 Å². The first-order valence-corrected chi connectivity index (χ1v) is 7.27. The molecular weight excluding hydrogens is 262 g/mol. The minimum absolute atomic E-state index is 0.176. The molecule has 0 radical (unpaired) electrons. The van der Waals surface area contributed by atoms with Gasteiger partial charge >= 0.3 is 0 Å². The van der Waals surface area contributed by atoms with Gasteiger partial charge in [-0.25, -0.2) is 0 Å². The van der Waals surface area contributed by atoms with Crippen molar-refractivity contribution in [3.63, 3.8) is 0 Å². The summed E-state index contributed by atoms with van der Waals surface area (Å²) in [5.41, 5.74) is 8.92. The number of benzene rings is 2. The van der Waals surface area contributed by atoms with Gasteiger partial charge in [-0.3, -0.25) is 0 Å². The van der Waals surface area contributed by atoms with Crippen LogP contribution in [0.2, 0.25) is 0 Å². The second-order valence-corrected chi connectivity index (χ2v) is 6.15. The minimum Gasteiger partial charge on any atom is -0.483 e. The van der Waals surface area contributed by atoms with Crippen LogP contribution in [0.5, 0.6) is 17.2 Å². The van der Waals surface area contributed by atoms with E-state index in [0.29, 0.717) is 6.54 Å². The Morgan fingerprint density at radius 2 is 1.95 bits per heavy atom. The van der Waals surface area contributed by atoms with Gasteiger partial charge < -0.3 is 15.2 Å². The molecule has 21 heavy (non-hydrogen) atoms. The quantitative estimate of drug-likeness (QED) is 0.927. The van der Waals surface area contributed by atoms with Gasteiger partial charge in [-0.1, -0.05) is 30.3 Å². The van der Waals surface area contributed by atoms with E-state index in [1.165, 1.54) is 5.56 Å². The zero-order valence-electron chi connectivity index (χ0n) is 12.8. The first kappa shape index (κ1) is 14.0. The van der Waals surface area contributed by atoms with E-state index in [9.17, 15) is 0 Å². The third-order valence-corrected chi connectivity index (χ3v) is 3.78. The van der Waals surface area contributed by atoms with Crippen molar-refractivity contribution in [1.82, 2.24) is 0 Å². The van der Waals surface area contributed by atoms with Crippen molar-refractivity contribution in [2.24, 2.45) is 5.73 Å². The lowest BCUT2D eigenvalue weighted by molar-refractivity contribution is 0.135. The summed E-state index contributed by atoms with van der Waals surface area (Å²) in [5, 5.41) is 0. The summed E-state index contributed by atoms with van der Waals surface area (Å²) in [4.78, 5) is 0. The van der Waals surface area contributed by atoms with E-state index in [4.69, 9.17) is 15.2 Å². The molecular formula is C18H21NO2. The number of para-hydroxylation sites is 2. The monoisotopic (exact) mass is 283 g/mol. The van der Waals surface area contributed by atoms with E-state index >= 15 is 0 Å². The van der Waals surface area contributed by atoms with Crippen LogP contribution in [0.25, 0.3) is 0 Å². The Labute approximate surface area is 125 Å². The average Bonchev–Trinajstić information content (AvgIpc) is 2.76. The van der Waals surface area contributed by atoms with Crippen molar-refractivity contribution in [1.29, 1.82) is 0 Å². The average molecular weight is 283 g/mol. The second-order valence-electron chi connectivity index (χ2n) is 6.15. The lowest BCUT2D eigenvalue weighted by Gasteiger charge is -2.19. The van der Waals surface area contributed by atoms with E-state index in [2.05, 4.69) is 19.9 Å². The molecule has 0 aliphatic carbocycles. The van der Waals surface area contributed by atoms with Gasteiger partial charge in [0, 0.05) is 24.1 Å². The van der Waals surface area contributed by atoms with E-state index in [1.54, 1.807) is 0 Å². The molecule has 3 nitrogen and oxygen atoms in total. The predicted octanol–water partition coefficient (Wildman–Crippen LogP) is 3.96. The molecule has 110 valence electrons. The molecule has 2 N–H and O–H groups in total. The van der Waals surface area contributed by atoms with Crippen molar-refractivity contribution in [3.05, 3.63) is 53.1 Å². The number of hydrogen-bond acceptors (Lipinski definition) is 3. The molecule has 0 spiro atoms. The van der Waals surface area contributed by atoms with Crippen molar-refractivity contribution in [3.8, 4) is 17.2 Å². The zero-order chi connectivity index (χ0) is 15.0. The van der Waals surface area contributed by atoms with Crippen molar-refractivity contribution < 1.29 is 9.47 Å². The molecule has 0 unspecified atom stereocenters. The molecule has 0 saturated carbocycles. The lowest BCUT2D eigenvalue weighted by Crippen LogP contribution is -2.24. The maximum absolute atomic E-state index is 6.16. The van der Waals surface area contributed by atoms with E-state index in [0.717, 1.165) is 34.8 Å². The largest absolute Gasteiger partial charge is 0.483 e. The molecule has 1 aliphatic heterocycles. The fourth-order valence-electron chi connectivity index (χ4n) is 2.80. The van der Waals surface area contributed by atoms with Crippen LogP contribution in [-0.2, 0) is 13.0 Å². The molecule has 1 heterocycles. The fourth-order valence-corrected chi connectivity index (χ4v) is 2.80. The van der Waals surface area contributed by atoms with Crippen LogP contribution in [0.1, 0.15) is 30.5 Å². The van der Waals surface area contributed by atoms with Gasteiger partial charge in [-0.2, -0.15) is 0 Å². The Morgan fingerprint density at radius 1 is 1.19 bits per heavy atom. The van der Waals surface area contributed by atoms with Crippen LogP contribution < -0.4 is 15.2 Å². The Balaban J connectivity index is 2.00. The molecule has 3 heteroatoms. The molecule has 2 aromatic rings. The Hall–Kier alpha value is -2.00. The molecule has 1 aliphatic rings. The first-order valence-electron chi connectivity index (χ1n) is 7.27. The molecule has 0 aromatic heterocycles.